The number of sulfonamides is 1. The van der Waals surface area contributed by atoms with E-state index < -0.39 is 26.7 Å². The molecule has 8 nitrogen and oxygen atoms in total. The van der Waals surface area contributed by atoms with E-state index in [2.05, 4.69) is 15.0 Å². The number of fused-ring (bicyclic) bond motifs is 1. The summed E-state index contributed by atoms with van der Waals surface area (Å²) in [5.74, 6) is 0. The van der Waals surface area contributed by atoms with Gasteiger partial charge in [0.15, 0.2) is 4.90 Å². The Kier molecular flexibility index (Phi) is 8.24. The molecule has 1 atom stereocenters. The van der Waals surface area contributed by atoms with Crippen molar-refractivity contribution < 1.29 is 13.3 Å². The molecule has 0 aliphatic heterocycles. The van der Waals surface area contributed by atoms with Gasteiger partial charge in [-0.05, 0) is 37.6 Å². The van der Waals surface area contributed by atoms with Gasteiger partial charge in [-0.3, -0.25) is 15.1 Å². The SMILES string of the molecule is CC(CNCCc1ccccc1)NS(=O)(=O)c1ccc2cnccc2c1[N+](=O)[O-].Cl. The Morgan fingerprint density at radius 3 is 2.57 bits per heavy atom. The van der Waals surface area contributed by atoms with Gasteiger partial charge in [-0.2, -0.15) is 0 Å². The highest BCUT2D eigenvalue weighted by Gasteiger charge is 2.29. The van der Waals surface area contributed by atoms with E-state index >= 15 is 0 Å². The molecule has 2 N–H and O–H groups in total. The Morgan fingerprint density at radius 2 is 1.87 bits per heavy atom. The number of aromatic nitrogens is 1. The summed E-state index contributed by atoms with van der Waals surface area (Å²) in [6.45, 7) is 2.81. The van der Waals surface area contributed by atoms with Crippen LogP contribution in [0.15, 0.2) is 65.8 Å². The van der Waals surface area contributed by atoms with Crippen molar-refractivity contribution in [3.05, 3.63) is 76.6 Å². The third kappa shape index (κ3) is 5.73. The van der Waals surface area contributed by atoms with Gasteiger partial charge in [0, 0.05) is 30.4 Å². The van der Waals surface area contributed by atoms with Crippen molar-refractivity contribution in [1.82, 2.24) is 15.0 Å². The fourth-order valence-electron chi connectivity index (χ4n) is 3.10. The Bertz CT molecular complexity index is 1110. The van der Waals surface area contributed by atoms with Crippen LogP contribution in [0.1, 0.15) is 12.5 Å². The lowest BCUT2D eigenvalue weighted by Gasteiger charge is -2.15. The van der Waals surface area contributed by atoms with E-state index in [1.807, 2.05) is 30.3 Å². The normalized spacial score (nSPS) is 12.3. The molecule has 30 heavy (non-hydrogen) atoms. The molecule has 0 aliphatic carbocycles. The fraction of sp³-hybridized carbons (Fsp3) is 0.250. The van der Waals surface area contributed by atoms with Crippen LogP contribution in [0, 0.1) is 10.1 Å². The van der Waals surface area contributed by atoms with Crippen LogP contribution in [0.3, 0.4) is 0 Å². The maximum absolute atomic E-state index is 12.8. The van der Waals surface area contributed by atoms with Crippen LogP contribution in [-0.2, 0) is 16.4 Å². The molecule has 0 saturated carbocycles. The van der Waals surface area contributed by atoms with E-state index in [0.29, 0.717) is 18.5 Å². The minimum absolute atomic E-state index is 0. The maximum atomic E-state index is 12.8. The van der Waals surface area contributed by atoms with Gasteiger partial charge in [-0.25, -0.2) is 13.1 Å². The Labute approximate surface area is 181 Å². The van der Waals surface area contributed by atoms with Gasteiger partial charge in [0.05, 0.1) is 10.3 Å². The van der Waals surface area contributed by atoms with E-state index in [1.54, 1.807) is 6.92 Å². The first-order chi connectivity index (χ1) is 13.9. The zero-order valence-electron chi connectivity index (χ0n) is 16.3. The summed E-state index contributed by atoms with van der Waals surface area (Å²) in [7, 11) is -4.07. The van der Waals surface area contributed by atoms with Gasteiger partial charge >= 0.3 is 0 Å². The van der Waals surface area contributed by atoms with Gasteiger partial charge in [0.25, 0.3) is 5.69 Å². The second-order valence-electron chi connectivity index (χ2n) is 6.73. The number of halogens is 1. The van der Waals surface area contributed by atoms with Crippen LogP contribution in [0.4, 0.5) is 5.69 Å². The van der Waals surface area contributed by atoms with E-state index in [9.17, 15) is 18.5 Å². The number of nitro benzene ring substituents is 1. The molecule has 3 rings (SSSR count). The first-order valence-corrected chi connectivity index (χ1v) is 10.6. The summed E-state index contributed by atoms with van der Waals surface area (Å²) in [6.07, 6.45) is 3.69. The lowest BCUT2D eigenvalue weighted by atomic mass is 10.1. The summed E-state index contributed by atoms with van der Waals surface area (Å²) in [6, 6.07) is 13.7. The highest BCUT2D eigenvalue weighted by Crippen LogP contribution is 2.32. The van der Waals surface area contributed by atoms with Crippen LogP contribution < -0.4 is 10.0 Å². The number of hydrogen-bond acceptors (Lipinski definition) is 6. The first kappa shape index (κ1) is 23.7. The predicted molar refractivity (Wildman–Crippen MR) is 118 cm³/mol. The number of pyridine rings is 1. The van der Waals surface area contributed by atoms with Crippen molar-refractivity contribution in [3.8, 4) is 0 Å². The number of benzene rings is 2. The molecule has 2 aromatic carbocycles. The molecule has 1 unspecified atom stereocenters. The third-order valence-corrected chi connectivity index (χ3v) is 6.09. The quantitative estimate of drug-likeness (QED) is 0.294. The molecule has 0 aliphatic rings. The molecule has 160 valence electrons. The summed E-state index contributed by atoms with van der Waals surface area (Å²) < 4.78 is 28.1. The zero-order chi connectivity index (χ0) is 20.9. The van der Waals surface area contributed by atoms with Crippen molar-refractivity contribution in [3.63, 3.8) is 0 Å². The largest absolute Gasteiger partial charge is 0.315 e. The van der Waals surface area contributed by atoms with Crippen LogP contribution in [0.2, 0.25) is 0 Å². The van der Waals surface area contributed by atoms with Gasteiger partial charge in [0.1, 0.15) is 0 Å². The topological polar surface area (TPSA) is 114 Å². The Morgan fingerprint density at radius 1 is 1.13 bits per heavy atom. The van der Waals surface area contributed by atoms with Crippen molar-refractivity contribution in [2.45, 2.75) is 24.3 Å². The molecular formula is C20H23ClN4O4S. The molecule has 0 radical (unpaired) electrons. The molecule has 0 bridgehead atoms. The third-order valence-electron chi connectivity index (χ3n) is 4.47. The molecular weight excluding hydrogens is 428 g/mol. The van der Waals surface area contributed by atoms with Gasteiger partial charge in [0.2, 0.25) is 10.0 Å². The Balaban J connectivity index is 0.00000320. The monoisotopic (exact) mass is 450 g/mol. The lowest BCUT2D eigenvalue weighted by molar-refractivity contribution is -0.386. The van der Waals surface area contributed by atoms with Crippen LogP contribution >= 0.6 is 12.4 Å². The molecule has 3 aromatic rings. The van der Waals surface area contributed by atoms with Crippen LogP contribution in [0.5, 0.6) is 0 Å². The number of nitro groups is 1. The molecule has 0 saturated heterocycles. The first-order valence-electron chi connectivity index (χ1n) is 9.16. The molecule has 10 heteroatoms. The second-order valence-corrected chi connectivity index (χ2v) is 8.41. The molecule has 0 amide bonds. The van der Waals surface area contributed by atoms with Crippen molar-refractivity contribution in [1.29, 1.82) is 0 Å². The van der Waals surface area contributed by atoms with E-state index in [1.165, 1.54) is 36.2 Å². The highest BCUT2D eigenvalue weighted by molar-refractivity contribution is 7.89. The number of nitrogens with one attached hydrogen (secondary N) is 2. The van der Waals surface area contributed by atoms with Crippen LogP contribution in [0.25, 0.3) is 10.8 Å². The second kappa shape index (κ2) is 10.4. The van der Waals surface area contributed by atoms with Gasteiger partial charge in [-0.15, -0.1) is 12.4 Å². The summed E-state index contributed by atoms with van der Waals surface area (Å²) >= 11 is 0. The number of hydrogen-bond donors (Lipinski definition) is 2. The highest BCUT2D eigenvalue weighted by atomic mass is 35.5. The average molecular weight is 451 g/mol. The molecule has 0 spiro atoms. The minimum Gasteiger partial charge on any atom is -0.315 e. The summed E-state index contributed by atoms with van der Waals surface area (Å²) in [4.78, 5) is 14.5. The molecule has 1 heterocycles. The van der Waals surface area contributed by atoms with E-state index in [-0.39, 0.29) is 22.7 Å². The number of rotatable bonds is 9. The minimum atomic E-state index is -4.07. The standard InChI is InChI=1S/C20H22N4O4S.ClH/c1-15(13-21-11-9-16-5-3-2-4-6-16)23-29(27,28)19-8-7-17-14-22-12-10-18(17)20(19)24(25)26;/h2-8,10,12,14-15,21,23H,9,11,13H2,1H3;1H. The van der Waals surface area contributed by atoms with Crippen molar-refractivity contribution in [2.24, 2.45) is 0 Å². The maximum Gasteiger partial charge on any atom is 0.297 e. The average Bonchev–Trinajstić information content (AvgIpc) is 2.70. The Hall–Kier alpha value is -2.59. The smallest absolute Gasteiger partial charge is 0.297 e. The lowest BCUT2D eigenvalue weighted by Crippen LogP contribution is -2.40. The van der Waals surface area contributed by atoms with Gasteiger partial charge < -0.3 is 5.32 Å². The predicted octanol–water partition coefficient (Wildman–Crippen LogP) is 3.06. The summed E-state index contributed by atoms with van der Waals surface area (Å²) in [5.41, 5.74) is 0.746. The fourth-order valence-corrected chi connectivity index (χ4v) is 4.53. The molecule has 1 aromatic heterocycles. The van der Waals surface area contributed by atoms with Crippen molar-refractivity contribution in [2.75, 3.05) is 13.1 Å². The van der Waals surface area contributed by atoms with E-state index in [4.69, 9.17) is 0 Å². The zero-order valence-corrected chi connectivity index (χ0v) is 17.9. The van der Waals surface area contributed by atoms with Crippen molar-refractivity contribution >= 4 is 38.9 Å². The number of nitrogens with zero attached hydrogens (tertiary/aromatic N) is 2. The molecule has 0 fully saturated rings. The van der Waals surface area contributed by atoms with Crippen LogP contribution in [-0.4, -0.2) is 37.5 Å². The summed E-state index contributed by atoms with van der Waals surface area (Å²) in [5, 5.41) is 15.5. The van der Waals surface area contributed by atoms with E-state index in [0.717, 1.165) is 6.42 Å². The van der Waals surface area contributed by atoms with Gasteiger partial charge in [-0.1, -0.05) is 36.4 Å².